The summed E-state index contributed by atoms with van der Waals surface area (Å²) in [6.45, 7) is 5.59. The van der Waals surface area contributed by atoms with E-state index in [4.69, 9.17) is 5.26 Å². The van der Waals surface area contributed by atoms with E-state index in [1.54, 1.807) is 51.1 Å². The van der Waals surface area contributed by atoms with Gasteiger partial charge in [0.15, 0.2) is 5.78 Å². The molecule has 0 aliphatic carbocycles. The zero-order chi connectivity index (χ0) is 23.7. The first-order chi connectivity index (χ1) is 15.8. The van der Waals surface area contributed by atoms with Gasteiger partial charge < -0.3 is 5.32 Å². The molecule has 1 aromatic heterocycles. The second-order valence-electron chi connectivity index (χ2n) is 8.15. The fourth-order valence-corrected chi connectivity index (χ4v) is 3.92. The summed E-state index contributed by atoms with van der Waals surface area (Å²) in [5, 5.41) is 14.8. The summed E-state index contributed by atoms with van der Waals surface area (Å²) in [7, 11) is 0. The van der Waals surface area contributed by atoms with Crippen LogP contribution in [0, 0.1) is 31.0 Å². The number of aromatic nitrogens is 2. The Morgan fingerprint density at radius 1 is 1.24 bits per heavy atom. The minimum absolute atomic E-state index is 0.161. The highest BCUT2D eigenvalue weighted by atomic mass is 19.1. The molecule has 4 rings (SSSR count). The van der Waals surface area contributed by atoms with Crippen LogP contribution in [0.1, 0.15) is 51.3 Å². The number of halogens is 1. The molecule has 166 valence electrons. The van der Waals surface area contributed by atoms with Crippen LogP contribution in [0.4, 0.5) is 4.39 Å². The maximum Gasteiger partial charge on any atom is 0.290 e. The summed E-state index contributed by atoms with van der Waals surface area (Å²) < 4.78 is 14.5. The van der Waals surface area contributed by atoms with Gasteiger partial charge in [-0.2, -0.15) is 5.26 Å². The molecule has 2 atom stereocenters. The van der Waals surface area contributed by atoms with Crippen LogP contribution in [0.2, 0.25) is 0 Å². The average molecular weight is 443 g/mol. The van der Waals surface area contributed by atoms with E-state index in [0.717, 1.165) is 16.7 Å². The summed E-state index contributed by atoms with van der Waals surface area (Å²) in [5.74, 6) is -1.95. The van der Waals surface area contributed by atoms with Crippen molar-refractivity contribution < 1.29 is 14.0 Å². The lowest BCUT2D eigenvalue weighted by Crippen LogP contribution is -2.50. The molecule has 2 N–H and O–H groups in total. The van der Waals surface area contributed by atoms with Gasteiger partial charge >= 0.3 is 0 Å². The standard InChI is InChI=1S/C25H22FN5O2/c1-13-4-6-19(20(26)8-13)21-14(2)11-28-24(30-21)25(33)31-23-22(32)15(3)18-7-5-16(10-27)9-17(18)12-29-23/h4-9,11,15,23,29H,12H2,1-3H3,(H,31,33)/t15-,23-/m0/s1. The van der Waals surface area contributed by atoms with Gasteiger partial charge in [-0.15, -0.1) is 0 Å². The largest absolute Gasteiger partial charge is 0.327 e. The fraction of sp³-hybridized carbons (Fsp3) is 0.240. The lowest BCUT2D eigenvalue weighted by atomic mass is 9.91. The number of rotatable bonds is 3. The van der Waals surface area contributed by atoms with Crippen molar-refractivity contribution in [2.75, 3.05) is 0 Å². The van der Waals surface area contributed by atoms with Crippen molar-refractivity contribution in [2.45, 2.75) is 39.4 Å². The maximum atomic E-state index is 14.5. The molecule has 7 nitrogen and oxygen atoms in total. The number of hydrogen-bond donors (Lipinski definition) is 2. The molecule has 2 aromatic carbocycles. The number of nitriles is 1. The lowest BCUT2D eigenvalue weighted by molar-refractivity contribution is -0.122. The van der Waals surface area contributed by atoms with E-state index >= 15 is 0 Å². The SMILES string of the molecule is Cc1ccc(-c2nc(C(=O)N[C@@H]3NCc4cc(C#N)ccc4[C@H](C)C3=O)ncc2C)c(F)c1. The number of Topliss-reactive ketones (excluding diaryl/α,β-unsaturated/α-hetero) is 1. The number of amides is 1. The van der Waals surface area contributed by atoms with Crippen LogP contribution >= 0.6 is 0 Å². The van der Waals surface area contributed by atoms with E-state index in [1.807, 2.05) is 0 Å². The molecule has 3 aromatic rings. The molecular weight excluding hydrogens is 421 g/mol. The summed E-state index contributed by atoms with van der Waals surface area (Å²) >= 11 is 0. The minimum atomic E-state index is -0.963. The molecule has 0 saturated carbocycles. The number of aryl methyl sites for hydroxylation is 2. The average Bonchev–Trinajstić information content (AvgIpc) is 2.91. The normalized spacial score (nSPS) is 17.6. The second-order valence-corrected chi connectivity index (χ2v) is 8.15. The van der Waals surface area contributed by atoms with E-state index in [-0.39, 0.29) is 17.2 Å². The lowest BCUT2D eigenvalue weighted by Gasteiger charge is -2.18. The monoisotopic (exact) mass is 443 g/mol. The van der Waals surface area contributed by atoms with Gasteiger partial charge in [0.1, 0.15) is 12.0 Å². The zero-order valence-corrected chi connectivity index (χ0v) is 18.4. The molecule has 1 aliphatic heterocycles. The number of nitrogens with one attached hydrogen (secondary N) is 2. The minimum Gasteiger partial charge on any atom is -0.327 e. The Morgan fingerprint density at radius 2 is 2.03 bits per heavy atom. The van der Waals surface area contributed by atoms with Crippen LogP contribution < -0.4 is 10.6 Å². The van der Waals surface area contributed by atoms with Crippen molar-refractivity contribution in [3.05, 3.63) is 82.1 Å². The predicted octanol–water partition coefficient (Wildman–Crippen LogP) is 3.30. The molecule has 0 spiro atoms. The Labute approximate surface area is 190 Å². The van der Waals surface area contributed by atoms with Gasteiger partial charge in [0.25, 0.3) is 5.91 Å². The third kappa shape index (κ3) is 4.36. The van der Waals surface area contributed by atoms with Gasteiger partial charge in [0.2, 0.25) is 5.82 Å². The van der Waals surface area contributed by atoms with Crippen LogP contribution in [0.5, 0.6) is 0 Å². The van der Waals surface area contributed by atoms with Crippen LogP contribution in [0.3, 0.4) is 0 Å². The van der Waals surface area contributed by atoms with Gasteiger partial charge in [-0.25, -0.2) is 14.4 Å². The van der Waals surface area contributed by atoms with Gasteiger partial charge in [0, 0.05) is 24.2 Å². The Balaban J connectivity index is 1.58. The molecule has 1 amide bonds. The first-order valence-electron chi connectivity index (χ1n) is 10.5. The van der Waals surface area contributed by atoms with Crippen molar-refractivity contribution in [3.63, 3.8) is 0 Å². The summed E-state index contributed by atoms with van der Waals surface area (Å²) in [4.78, 5) is 34.3. The van der Waals surface area contributed by atoms with Crippen LogP contribution in [0.15, 0.2) is 42.6 Å². The van der Waals surface area contributed by atoms with Crippen LogP contribution in [-0.2, 0) is 11.3 Å². The van der Waals surface area contributed by atoms with E-state index in [0.29, 0.717) is 23.4 Å². The number of carbonyl (C=O) groups is 2. The number of hydrogen-bond acceptors (Lipinski definition) is 6. The number of fused-ring (bicyclic) bond motifs is 1. The van der Waals surface area contributed by atoms with E-state index in [9.17, 15) is 14.0 Å². The second kappa shape index (κ2) is 8.88. The molecule has 1 aliphatic rings. The molecule has 0 saturated heterocycles. The number of nitrogens with zero attached hydrogens (tertiary/aromatic N) is 3. The van der Waals surface area contributed by atoms with Crippen molar-refractivity contribution in [1.82, 2.24) is 20.6 Å². The highest BCUT2D eigenvalue weighted by Crippen LogP contribution is 2.27. The molecule has 33 heavy (non-hydrogen) atoms. The Morgan fingerprint density at radius 3 is 2.76 bits per heavy atom. The first-order valence-corrected chi connectivity index (χ1v) is 10.5. The maximum absolute atomic E-state index is 14.5. The van der Waals surface area contributed by atoms with Crippen LogP contribution in [0.25, 0.3) is 11.3 Å². The molecule has 0 bridgehead atoms. The molecule has 8 heteroatoms. The Kier molecular flexibility index (Phi) is 5.99. The van der Waals surface area contributed by atoms with Gasteiger partial charge in [0.05, 0.1) is 17.3 Å². The highest BCUT2D eigenvalue weighted by Gasteiger charge is 2.31. The smallest absolute Gasteiger partial charge is 0.290 e. The van der Waals surface area contributed by atoms with E-state index < -0.39 is 23.8 Å². The molecule has 0 radical (unpaired) electrons. The quantitative estimate of drug-likeness (QED) is 0.643. The summed E-state index contributed by atoms with van der Waals surface area (Å²) in [6, 6.07) is 12.1. The Bertz CT molecular complexity index is 1310. The highest BCUT2D eigenvalue weighted by molar-refractivity contribution is 5.98. The van der Waals surface area contributed by atoms with Gasteiger partial charge in [-0.05, 0) is 60.4 Å². The Hall–Kier alpha value is -3.96. The van der Waals surface area contributed by atoms with Crippen molar-refractivity contribution >= 4 is 11.7 Å². The topological polar surface area (TPSA) is 108 Å². The van der Waals surface area contributed by atoms with Crippen LogP contribution in [-0.4, -0.2) is 27.8 Å². The number of benzene rings is 2. The molecule has 0 fully saturated rings. The third-order valence-corrected chi connectivity index (χ3v) is 5.78. The number of carbonyl (C=O) groups excluding carboxylic acids is 2. The van der Waals surface area contributed by atoms with Crippen molar-refractivity contribution in [3.8, 4) is 17.3 Å². The third-order valence-electron chi connectivity index (χ3n) is 5.78. The van der Waals surface area contributed by atoms with E-state index in [2.05, 4.69) is 26.7 Å². The summed E-state index contributed by atoms with van der Waals surface area (Å²) in [5.41, 5.74) is 4.13. The summed E-state index contributed by atoms with van der Waals surface area (Å²) in [6.07, 6.45) is 0.496. The van der Waals surface area contributed by atoms with Gasteiger partial charge in [-0.1, -0.05) is 19.1 Å². The van der Waals surface area contributed by atoms with Crippen molar-refractivity contribution in [1.29, 1.82) is 5.26 Å². The fourth-order valence-electron chi connectivity index (χ4n) is 3.92. The first kappa shape index (κ1) is 22.2. The van der Waals surface area contributed by atoms with Crippen molar-refractivity contribution in [2.24, 2.45) is 0 Å². The zero-order valence-electron chi connectivity index (χ0n) is 18.4. The molecule has 0 unspecified atom stereocenters. The van der Waals surface area contributed by atoms with Gasteiger partial charge in [-0.3, -0.25) is 14.9 Å². The molecule has 2 heterocycles. The predicted molar refractivity (Wildman–Crippen MR) is 120 cm³/mol. The van der Waals surface area contributed by atoms with E-state index in [1.165, 1.54) is 12.3 Å². The number of ketones is 1. The molecular formula is C25H22FN5O2.